The van der Waals surface area contributed by atoms with Gasteiger partial charge in [0.2, 0.25) is 11.8 Å². The van der Waals surface area contributed by atoms with Crippen molar-refractivity contribution in [1.29, 1.82) is 0 Å². The topological polar surface area (TPSA) is 68.3 Å². The molecule has 1 aliphatic rings. The van der Waals surface area contributed by atoms with Gasteiger partial charge in [0.25, 0.3) is 0 Å². The van der Waals surface area contributed by atoms with Gasteiger partial charge in [-0.3, -0.25) is 9.59 Å². The number of amides is 2. The molecule has 1 aromatic rings. The Balaban J connectivity index is 2.11. The van der Waals surface area contributed by atoms with E-state index in [4.69, 9.17) is 14.2 Å². The molecule has 1 aromatic carbocycles. The van der Waals surface area contributed by atoms with Crippen LogP contribution in [0.1, 0.15) is 13.3 Å². The van der Waals surface area contributed by atoms with Gasteiger partial charge >= 0.3 is 0 Å². The van der Waals surface area contributed by atoms with E-state index in [1.165, 1.54) is 6.92 Å². The quantitative estimate of drug-likeness (QED) is 0.783. The van der Waals surface area contributed by atoms with Gasteiger partial charge in [-0.25, -0.2) is 0 Å². The molecule has 0 N–H and O–H groups in total. The van der Waals surface area contributed by atoms with Crippen LogP contribution in [-0.4, -0.2) is 63.8 Å². The van der Waals surface area contributed by atoms with Crippen molar-refractivity contribution >= 4 is 17.5 Å². The van der Waals surface area contributed by atoms with Crippen molar-refractivity contribution in [3.8, 4) is 11.5 Å². The maximum Gasteiger partial charge on any atom is 0.224 e. The second-order valence-corrected chi connectivity index (χ2v) is 5.45. The Kier molecular flexibility index (Phi) is 6.43. The molecule has 1 fully saturated rings. The summed E-state index contributed by atoms with van der Waals surface area (Å²) in [5.74, 6) is 1.05. The van der Waals surface area contributed by atoms with E-state index in [0.717, 1.165) is 0 Å². The zero-order valence-electron chi connectivity index (χ0n) is 14.4. The van der Waals surface area contributed by atoms with E-state index in [2.05, 4.69) is 0 Å². The maximum absolute atomic E-state index is 12.3. The average molecular weight is 336 g/mol. The fourth-order valence-electron chi connectivity index (χ4n) is 2.63. The molecule has 0 aromatic heterocycles. The molecular weight excluding hydrogens is 312 g/mol. The van der Waals surface area contributed by atoms with Crippen molar-refractivity contribution in [1.82, 2.24) is 4.90 Å². The number of carbonyl (C=O) groups excluding carboxylic acids is 2. The second kappa shape index (κ2) is 8.54. The van der Waals surface area contributed by atoms with Crippen molar-refractivity contribution in [2.75, 3.05) is 52.0 Å². The van der Waals surface area contributed by atoms with Gasteiger partial charge in [-0.05, 0) is 12.1 Å². The van der Waals surface area contributed by atoms with E-state index in [9.17, 15) is 9.59 Å². The zero-order chi connectivity index (χ0) is 17.5. The number of anilines is 1. The first-order valence-corrected chi connectivity index (χ1v) is 7.92. The fourth-order valence-corrected chi connectivity index (χ4v) is 2.63. The third-order valence-electron chi connectivity index (χ3n) is 3.97. The zero-order valence-corrected chi connectivity index (χ0v) is 14.4. The Labute approximate surface area is 142 Å². The lowest BCUT2D eigenvalue weighted by atomic mass is 10.2. The average Bonchev–Trinajstić information content (AvgIpc) is 2.62. The Morgan fingerprint density at radius 3 is 2.50 bits per heavy atom. The van der Waals surface area contributed by atoms with Gasteiger partial charge in [-0.15, -0.1) is 0 Å². The van der Waals surface area contributed by atoms with Gasteiger partial charge in [0.15, 0.2) is 0 Å². The summed E-state index contributed by atoms with van der Waals surface area (Å²) in [5.41, 5.74) is 0.596. The van der Waals surface area contributed by atoms with Gasteiger partial charge in [-0.1, -0.05) is 0 Å². The van der Waals surface area contributed by atoms with Crippen LogP contribution in [0.2, 0.25) is 0 Å². The van der Waals surface area contributed by atoms with E-state index in [0.29, 0.717) is 43.5 Å². The molecule has 0 spiro atoms. The highest BCUT2D eigenvalue weighted by atomic mass is 16.5. The number of rotatable bonds is 6. The largest absolute Gasteiger partial charge is 0.497 e. The Morgan fingerprint density at radius 2 is 1.92 bits per heavy atom. The normalized spacial score (nSPS) is 14.2. The van der Waals surface area contributed by atoms with Crippen LogP contribution in [-0.2, 0) is 14.3 Å². The van der Waals surface area contributed by atoms with E-state index in [1.807, 2.05) is 0 Å². The molecule has 0 saturated carbocycles. The van der Waals surface area contributed by atoms with Gasteiger partial charge in [0, 0.05) is 39.0 Å². The minimum Gasteiger partial charge on any atom is -0.497 e. The molecule has 7 nitrogen and oxygen atoms in total. The molecule has 1 aliphatic heterocycles. The minimum atomic E-state index is -0.156. The van der Waals surface area contributed by atoms with Crippen molar-refractivity contribution in [2.24, 2.45) is 0 Å². The molecule has 0 bridgehead atoms. The molecule has 2 rings (SSSR count). The predicted molar refractivity (Wildman–Crippen MR) is 89.6 cm³/mol. The number of ether oxygens (including phenoxy) is 3. The predicted octanol–water partition coefficient (Wildman–Crippen LogP) is 1.31. The lowest BCUT2D eigenvalue weighted by Gasteiger charge is -2.28. The highest BCUT2D eigenvalue weighted by Crippen LogP contribution is 2.32. The molecule has 0 unspecified atom stereocenters. The van der Waals surface area contributed by atoms with Crippen molar-refractivity contribution in [2.45, 2.75) is 13.3 Å². The third-order valence-corrected chi connectivity index (χ3v) is 3.97. The number of hydrogen-bond donors (Lipinski definition) is 0. The molecule has 0 radical (unpaired) electrons. The van der Waals surface area contributed by atoms with E-state index < -0.39 is 0 Å². The number of nitrogens with zero attached hydrogens (tertiary/aromatic N) is 2. The van der Waals surface area contributed by atoms with Gasteiger partial charge in [0.1, 0.15) is 11.5 Å². The summed E-state index contributed by atoms with van der Waals surface area (Å²) in [7, 11) is 3.11. The van der Waals surface area contributed by atoms with Crippen LogP contribution in [0.5, 0.6) is 11.5 Å². The van der Waals surface area contributed by atoms with Crippen LogP contribution in [0, 0.1) is 0 Å². The maximum atomic E-state index is 12.3. The summed E-state index contributed by atoms with van der Waals surface area (Å²) >= 11 is 0. The number of hydrogen-bond acceptors (Lipinski definition) is 5. The summed E-state index contributed by atoms with van der Waals surface area (Å²) in [6.45, 7) is 4.08. The molecule has 2 amide bonds. The Bertz CT molecular complexity index is 584. The third kappa shape index (κ3) is 4.38. The standard InChI is InChI=1S/C17H24N2O5/c1-13(20)19(7-6-17(21)18-8-10-24-11-9-18)15-12-14(22-2)4-5-16(15)23-3/h4-5,12H,6-11H2,1-3H3. The summed E-state index contributed by atoms with van der Waals surface area (Å²) in [6, 6.07) is 5.24. The van der Waals surface area contributed by atoms with Crippen molar-refractivity contribution in [3.63, 3.8) is 0 Å². The van der Waals surface area contributed by atoms with Crippen molar-refractivity contribution in [3.05, 3.63) is 18.2 Å². The monoisotopic (exact) mass is 336 g/mol. The molecule has 0 atom stereocenters. The number of benzene rings is 1. The Morgan fingerprint density at radius 1 is 1.21 bits per heavy atom. The lowest BCUT2D eigenvalue weighted by Crippen LogP contribution is -2.42. The number of carbonyl (C=O) groups is 2. The first-order valence-electron chi connectivity index (χ1n) is 7.92. The number of methoxy groups -OCH3 is 2. The Hall–Kier alpha value is -2.28. The SMILES string of the molecule is COc1ccc(OC)c(N(CCC(=O)N2CCOCC2)C(C)=O)c1. The summed E-state index contributed by atoms with van der Waals surface area (Å²) in [6.07, 6.45) is 0.250. The summed E-state index contributed by atoms with van der Waals surface area (Å²) in [5, 5.41) is 0. The smallest absolute Gasteiger partial charge is 0.224 e. The van der Waals surface area contributed by atoms with E-state index >= 15 is 0 Å². The molecule has 7 heteroatoms. The van der Waals surface area contributed by atoms with Gasteiger partial charge in [0.05, 0.1) is 33.1 Å². The van der Waals surface area contributed by atoms with E-state index in [1.54, 1.807) is 42.2 Å². The van der Waals surface area contributed by atoms with Crippen LogP contribution in [0.3, 0.4) is 0 Å². The molecule has 1 saturated heterocycles. The second-order valence-electron chi connectivity index (χ2n) is 5.45. The lowest BCUT2D eigenvalue weighted by molar-refractivity contribution is -0.135. The van der Waals surface area contributed by atoms with Crippen LogP contribution in [0.15, 0.2) is 18.2 Å². The molecule has 24 heavy (non-hydrogen) atoms. The van der Waals surface area contributed by atoms with Crippen LogP contribution >= 0.6 is 0 Å². The summed E-state index contributed by atoms with van der Waals surface area (Å²) < 4.78 is 15.8. The molecular formula is C17H24N2O5. The highest BCUT2D eigenvalue weighted by Gasteiger charge is 2.21. The number of morpholine rings is 1. The minimum absolute atomic E-state index is 0.0198. The molecule has 1 heterocycles. The van der Waals surface area contributed by atoms with Crippen molar-refractivity contribution < 1.29 is 23.8 Å². The fraction of sp³-hybridized carbons (Fsp3) is 0.529. The van der Waals surface area contributed by atoms with Crippen LogP contribution < -0.4 is 14.4 Å². The summed E-state index contributed by atoms with van der Waals surface area (Å²) in [4.78, 5) is 27.7. The molecule has 0 aliphatic carbocycles. The van der Waals surface area contributed by atoms with Crippen LogP contribution in [0.4, 0.5) is 5.69 Å². The van der Waals surface area contributed by atoms with E-state index in [-0.39, 0.29) is 24.8 Å². The van der Waals surface area contributed by atoms with Gasteiger partial charge < -0.3 is 24.0 Å². The van der Waals surface area contributed by atoms with Gasteiger partial charge in [-0.2, -0.15) is 0 Å². The highest BCUT2D eigenvalue weighted by molar-refractivity contribution is 5.94. The molecule has 132 valence electrons. The first-order chi connectivity index (χ1) is 11.6. The van der Waals surface area contributed by atoms with Crippen LogP contribution in [0.25, 0.3) is 0 Å². The first kappa shape index (κ1) is 18.1.